The zero-order valence-corrected chi connectivity index (χ0v) is 8.64. The minimum Gasteiger partial charge on any atom is -0.398 e. The number of anilines is 2. The van der Waals surface area contributed by atoms with E-state index in [1.807, 2.05) is 43.6 Å². The lowest BCUT2D eigenvalue weighted by Gasteiger charge is -2.05. The largest absolute Gasteiger partial charge is 0.398 e. The average Bonchev–Trinajstić information content (AvgIpc) is 2.63. The monoisotopic (exact) mass is 202 g/mol. The first-order valence-corrected chi connectivity index (χ1v) is 4.82. The summed E-state index contributed by atoms with van der Waals surface area (Å²) in [6, 6.07) is 9.74. The zero-order valence-electron chi connectivity index (χ0n) is 8.64. The Kier molecular flexibility index (Phi) is 2.58. The molecule has 4 heteroatoms. The van der Waals surface area contributed by atoms with Crippen LogP contribution < -0.4 is 11.1 Å². The molecule has 0 aliphatic heterocycles. The van der Waals surface area contributed by atoms with Gasteiger partial charge in [-0.1, -0.05) is 18.2 Å². The van der Waals surface area contributed by atoms with E-state index in [0.717, 1.165) is 17.1 Å². The second kappa shape index (κ2) is 4.04. The van der Waals surface area contributed by atoms with E-state index in [0.29, 0.717) is 6.54 Å². The van der Waals surface area contributed by atoms with Gasteiger partial charge in [-0.3, -0.25) is 4.68 Å². The number of nitrogens with one attached hydrogen (secondary N) is 1. The summed E-state index contributed by atoms with van der Waals surface area (Å²) in [6.07, 6.45) is 1.90. The number of nitrogens with zero attached hydrogens (tertiary/aromatic N) is 2. The van der Waals surface area contributed by atoms with Crippen LogP contribution in [0.1, 0.15) is 5.56 Å². The Morgan fingerprint density at radius 2 is 2.13 bits per heavy atom. The third kappa shape index (κ3) is 2.28. The number of aryl methyl sites for hydroxylation is 1. The first-order chi connectivity index (χ1) is 7.25. The van der Waals surface area contributed by atoms with Crippen LogP contribution in [0.5, 0.6) is 0 Å². The normalized spacial score (nSPS) is 10.2. The van der Waals surface area contributed by atoms with E-state index < -0.39 is 0 Å². The van der Waals surface area contributed by atoms with Crippen molar-refractivity contribution in [2.75, 3.05) is 11.1 Å². The van der Waals surface area contributed by atoms with Gasteiger partial charge in [0, 0.05) is 31.5 Å². The molecule has 2 aromatic rings. The summed E-state index contributed by atoms with van der Waals surface area (Å²) < 4.78 is 1.76. The Labute approximate surface area is 88.7 Å². The number of nitrogen functional groups attached to an aromatic ring is 1. The molecule has 0 bridgehead atoms. The highest BCUT2D eigenvalue weighted by atomic mass is 15.3. The lowest BCUT2D eigenvalue weighted by atomic mass is 10.2. The molecule has 2 rings (SSSR count). The van der Waals surface area contributed by atoms with E-state index in [-0.39, 0.29) is 0 Å². The molecule has 1 aromatic carbocycles. The van der Waals surface area contributed by atoms with Gasteiger partial charge in [0.05, 0.1) is 0 Å². The van der Waals surface area contributed by atoms with Crippen LogP contribution in [-0.4, -0.2) is 9.78 Å². The van der Waals surface area contributed by atoms with E-state index in [2.05, 4.69) is 10.4 Å². The van der Waals surface area contributed by atoms with Gasteiger partial charge in [0.1, 0.15) is 5.82 Å². The van der Waals surface area contributed by atoms with Crippen molar-refractivity contribution in [1.82, 2.24) is 9.78 Å². The van der Waals surface area contributed by atoms with Gasteiger partial charge in [0.15, 0.2) is 0 Å². The van der Waals surface area contributed by atoms with Gasteiger partial charge in [0.2, 0.25) is 0 Å². The van der Waals surface area contributed by atoms with Crippen molar-refractivity contribution in [1.29, 1.82) is 0 Å². The molecule has 0 aliphatic carbocycles. The maximum Gasteiger partial charge on any atom is 0.148 e. The lowest BCUT2D eigenvalue weighted by Crippen LogP contribution is -2.03. The van der Waals surface area contributed by atoms with Crippen LogP contribution in [0.3, 0.4) is 0 Å². The molecule has 78 valence electrons. The number of nitrogens with two attached hydrogens (primary N) is 1. The fraction of sp³-hybridized carbons (Fsp3) is 0.182. The van der Waals surface area contributed by atoms with Crippen LogP contribution in [-0.2, 0) is 13.6 Å². The van der Waals surface area contributed by atoms with Crippen LogP contribution in [0.25, 0.3) is 0 Å². The topological polar surface area (TPSA) is 55.9 Å². The second-order valence-electron chi connectivity index (χ2n) is 3.43. The maximum atomic E-state index is 5.82. The SMILES string of the molecule is Cn1ccc(NCc2ccccc2N)n1. The van der Waals surface area contributed by atoms with E-state index >= 15 is 0 Å². The average molecular weight is 202 g/mol. The summed E-state index contributed by atoms with van der Waals surface area (Å²) >= 11 is 0. The summed E-state index contributed by atoms with van der Waals surface area (Å²) in [5.41, 5.74) is 7.72. The minimum absolute atomic E-state index is 0.698. The van der Waals surface area contributed by atoms with Gasteiger partial charge in [-0.05, 0) is 11.6 Å². The molecule has 0 aliphatic rings. The molecule has 0 atom stereocenters. The highest BCUT2D eigenvalue weighted by molar-refractivity contribution is 5.48. The number of rotatable bonds is 3. The van der Waals surface area contributed by atoms with Crippen LogP contribution >= 0.6 is 0 Å². The molecule has 0 spiro atoms. The van der Waals surface area contributed by atoms with Crippen molar-refractivity contribution in [3.05, 3.63) is 42.1 Å². The van der Waals surface area contributed by atoms with Crippen LogP contribution in [0.2, 0.25) is 0 Å². The summed E-state index contributed by atoms with van der Waals surface area (Å²) in [5, 5.41) is 7.43. The third-order valence-electron chi connectivity index (χ3n) is 2.23. The molecule has 0 amide bonds. The maximum absolute atomic E-state index is 5.82. The molecule has 0 fully saturated rings. The number of para-hydroxylation sites is 1. The Morgan fingerprint density at radius 3 is 2.80 bits per heavy atom. The summed E-state index contributed by atoms with van der Waals surface area (Å²) in [7, 11) is 1.89. The molecular weight excluding hydrogens is 188 g/mol. The van der Waals surface area contributed by atoms with Crippen molar-refractivity contribution in [3.63, 3.8) is 0 Å². The Hall–Kier alpha value is -1.97. The molecule has 15 heavy (non-hydrogen) atoms. The van der Waals surface area contributed by atoms with Crippen molar-refractivity contribution >= 4 is 11.5 Å². The standard InChI is InChI=1S/C11H14N4/c1-15-7-6-11(14-15)13-8-9-4-2-3-5-10(9)12/h2-7H,8,12H2,1H3,(H,13,14). The predicted molar refractivity (Wildman–Crippen MR) is 61.4 cm³/mol. The fourth-order valence-electron chi connectivity index (χ4n) is 1.39. The van der Waals surface area contributed by atoms with E-state index in [1.54, 1.807) is 4.68 Å². The summed E-state index contributed by atoms with van der Waals surface area (Å²) in [6.45, 7) is 0.698. The van der Waals surface area contributed by atoms with Crippen molar-refractivity contribution in [2.24, 2.45) is 7.05 Å². The van der Waals surface area contributed by atoms with Gasteiger partial charge in [0.25, 0.3) is 0 Å². The number of hydrogen-bond acceptors (Lipinski definition) is 3. The molecule has 4 nitrogen and oxygen atoms in total. The van der Waals surface area contributed by atoms with Gasteiger partial charge in [-0.2, -0.15) is 5.10 Å². The molecule has 0 radical (unpaired) electrons. The van der Waals surface area contributed by atoms with Gasteiger partial charge < -0.3 is 11.1 Å². The number of hydrogen-bond donors (Lipinski definition) is 2. The highest BCUT2D eigenvalue weighted by Gasteiger charge is 1.99. The molecule has 1 heterocycles. The number of aromatic nitrogens is 2. The Bertz CT molecular complexity index is 447. The molecule has 0 unspecified atom stereocenters. The Balaban J connectivity index is 2.02. The van der Waals surface area contributed by atoms with Gasteiger partial charge in [-0.25, -0.2) is 0 Å². The van der Waals surface area contributed by atoms with Crippen molar-refractivity contribution in [3.8, 4) is 0 Å². The van der Waals surface area contributed by atoms with Crippen molar-refractivity contribution < 1.29 is 0 Å². The fourth-order valence-corrected chi connectivity index (χ4v) is 1.39. The van der Waals surface area contributed by atoms with E-state index in [9.17, 15) is 0 Å². The lowest BCUT2D eigenvalue weighted by molar-refractivity contribution is 0.768. The molecular formula is C11H14N4. The van der Waals surface area contributed by atoms with Gasteiger partial charge in [-0.15, -0.1) is 0 Å². The van der Waals surface area contributed by atoms with Crippen molar-refractivity contribution in [2.45, 2.75) is 6.54 Å². The van der Waals surface area contributed by atoms with E-state index in [4.69, 9.17) is 5.73 Å². The first-order valence-electron chi connectivity index (χ1n) is 4.82. The quantitative estimate of drug-likeness (QED) is 0.743. The zero-order chi connectivity index (χ0) is 10.7. The van der Waals surface area contributed by atoms with Crippen LogP contribution in [0.15, 0.2) is 36.5 Å². The highest BCUT2D eigenvalue weighted by Crippen LogP contribution is 2.12. The third-order valence-corrected chi connectivity index (χ3v) is 2.23. The van der Waals surface area contributed by atoms with E-state index in [1.165, 1.54) is 0 Å². The van der Waals surface area contributed by atoms with Gasteiger partial charge >= 0.3 is 0 Å². The van der Waals surface area contributed by atoms with Crippen LogP contribution in [0.4, 0.5) is 11.5 Å². The predicted octanol–water partition coefficient (Wildman–Crippen LogP) is 1.61. The molecule has 1 aromatic heterocycles. The minimum atomic E-state index is 0.698. The molecule has 3 N–H and O–H groups in total. The molecule has 0 saturated heterocycles. The molecule has 0 saturated carbocycles. The second-order valence-corrected chi connectivity index (χ2v) is 3.43. The number of benzene rings is 1. The summed E-state index contributed by atoms with van der Waals surface area (Å²) in [4.78, 5) is 0. The Morgan fingerprint density at radius 1 is 1.33 bits per heavy atom. The van der Waals surface area contributed by atoms with Crippen LogP contribution in [0, 0.1) is 0 Å². The first kappa shape index (κ1) is 9.58. The smallest absolute Gasteiger partial charge is 0.148 e. The summed E-state index contributed by atoms with van der Waals surface area (Å²) in [5.74, 6) is 0.862.